The van der Waals surface area contributed by atoms with E-state index >= 15 is 0 Å². The quantitative estimate of drug-likeness (QED) is 0.630. The molecule has 0 saturated carbocycles. The van der Waals surface area contributed by atoms with Gasteiger partial charge in [0, 0.05) is 4.88 Å². The number of aryl methyl sites for hydroxylation is 1. The van der Waals surface area contributed by atoms with Gasteiger partial charge in [-0.05, 0) is 35.5 Å². The number of carbonyl (C=O) groups excluding carboxylic acids is 1. The van der Waals surface area contributed by atoms with E-state index in [0.29, 0.717) is 6.42 Å². The lowest BCUT2D eigenvalue weighted by Gasteiger charge is -1.90. The first-order valence-electron chi connectivity index (χ1n) is 2.91. The Morgan fingerprint density at radius 3 is 2.90 bits per heavy atom. The molecule has 1 aromatic rings. The zero-order valence-corrected chi connectivity index (χ0v) is 7.13. The molecule has 0 aliphatic heterocycles. The molecule has 10 heavy (non-hydrogen) atoms. The van der Waals surface area contributed by atoms with Crippen molar-refractivity contribution in [3.05, 3.63) is 21.9 Å². The Balaban J connectivity index is 2.74. The zero-order chi connectivity index (χ0) is 7.56. The maximum absolute atomic E-state index is 10.4. The first-order valence-corrected chi connectivity index (χ1v) is 4.17. The van der Waals surface area contributed by atoms with Gasteiger partial charge in [-0.3, -0.25) is 4.79 Å². The van der Waals surface area contributed by atoms with Crippen LogP contribution < -0.4 is 0 Å². The minimum absolute atomic E-state index is 0.287. The number of thiophene rings is 1. The molecule has 0 saturated heterocycles. The summed E-state index contributed by atoms with van der Waals surface area (Å²) in [6.07, 6.45) is 0.366. The molecule has 1 nitrogen and oxygen atoms in total. The van der Waals surface area contributed by atoms with Crippen LogP contribution in [0.3, 0.4) is 0 Å². The van der Waals surface area contributed by atoms with Crippen LogP contribution in [0.25, 0.3) is 0 Å². The summed E-state index contributed by atoms with van der Waals surface area (Å²) in [7, 11) is 0. The smallest absolute Gasteiger partial charge is 0.226 e. The van der Waals surface area contributed by atoms with Gasteiger partial charge in [0.25, 0.3) is 0 Å². The van der Waals surface area contributed by atoms with Gasteiger partial charge < -0.3 is 0 Å². The Labute approximate surface area is 68.6 Å². The van der Waals surface area contributed by atoms with Crippen LogP contribution >= 0.6 is 22.9 Å². The Morgan fingerprint density at radius 1 is 1.80 bits per heavy atom. The highest BCUT2D eigenvalue weighted by molar-refractivity contribution is 7.10. The normalized spacial score (nSPS) is 9.80. The maximum Gasteiger partial charge on any atom is 0.226 e. The third kappa shape index (κ3) is 1.82. The lowest BCUT2D eigenvalue weighted by atomic mass is 10.2. The van der Waals surface area contributed by atoms with Gasteiger partial charge in [-0.1, -0.05) is 0 Å². The summed E-state index contributed by atoms with van der Waals surface area (Å²) in [5.74, 6) is 0. The van der Waals surface area contributed by atoms with Crippen LogP contribution in [0.1, 0.15) is 10.4 Å². The standard InChI is InChI=1S/C7H7ClOS/c1-5-2-3-10-6(5)4-7(8)9/h2-3H,4H2,1H3. The first kappa shape index (κ1) is 7.76. The van der Waals surface area contributed by atoms with Gasteiger partial charge in [-0.25, -0.2) is 0 Å². The summed E-state index contributed by atoms with van der Waals surface area (Å²) < 4.78 is 0. The topological polar surface area (TPSA) is 17.1 Å². The molecular weight excluding hydrogens is 168 g/mol. The Morgan fingerprint density at radius 2 is 2.50 bits per heavy atom. The van der Waals surface area contributed by atoms with E-state index in [-0.39, 0.29) is 5.24 Å². The van der Waals surface area contributed by atoms with Crippen LogP contribution in [0, 0.1) is 6.92 Å². The Kier molecular flexibility index (Phi) is 2.46. The van der Waals surface area contributed by atoms with Crippen LogP contribution in [0.4, 0.5) is 0 Å². The number of halogens is 1. The van der Waals surface area contributed by atoms with Crippen LogP contribution in [-0.4, -0.2) is 5.24 Å². The fourth-order valence-electron chi connectivity index (χ4n) is 0.711. The van der Waals surface area contributed by atoms with Gasteiger partial charge in [0.2, 0.25) is 5.24 Å². The molecule has 1 aromatic heterocycles. The van der Waals surface area contributed by atoms with Crippen molar-refractivity contribution in [2.45, 2.75) is 13.3 Å². The van der Waals surface area contributed by atoms with Crippen molar-refractivity contribution >= 4 is 28.2 Å². The molecule has 0 aliphatic carbocycles. The van der Waals surface area contributed by atoms with Crippen molar-refractivity contribution in [3.8, 4) is 0 Å². The van der Waals surface area contributed by atoms with Gasteiger partial charge >= 0.3 is 0 Å². The molecule has 0 atom stereocenters. The number of hydrogen-bond donors (Lipinski definition) is 0. The second kappa shape index (κ2) is 3.17. The van der Waals surface area contributed by atoms with Gasteiger partial charge in [0.15, 0.2) is 0 Å². The number of hydrogen-bond acceptors (Lipinski definition) is 2. The molecule has 0 radical (unpaired) electrons. The van der Waals surface area contributed by atoms with Gasteiger partial charge in [-0.2, -0.15) is 0 Å². The van der Waals surface area contributed by atoms with E-state index in [1.54, 1.807) is 11.3 Å². The molecule has 1 rings (SSSR count). The van der Waals surface area contributed by atoms with Crippen molar-refractivity contribution < 1.29 is 4.79 Å². The van der Waals surface area contributed by atoms with Gasteiger partial charge in [-0.15, -0.1) is 11.3 Å². The summed E-state index contributed by atoms with van der Waals surface area (Å²) in [6.45, 7) is 1.98. The Hall–Kier alpha value is -0.340. The molecule has 0 bridgehead atoms. The summed E-state index contributed by atoms with van der Waals surface area (Å²) in [6, 6.07) is 1.99. The van der Waals surface area contributed by atoms with E-state index in [2.05, 4.69) is 0 Å². The van der Waals surface area contributed by atoms with Crippen molar-refractivity contribution in [1.82, 2.24) is 0 Å². The van der Waals surface area contributed by atoms with Crippen LogP contribution in [0.15, 0.2) is 11.4 Å². The van der Waals surface area contributed by atoms with Gasteiger partial charge in [0.05, 0.1) is 6.42 Å². The predicted molar refractivity (Wildman–Crippen MR) is 43.6 cm³/mol. The molecule has 0 fully saturated rings. The summed E-state index contributed by atoms with van der Waals surface area (Å²) >= 11 is 6.78. The van der Waals surface area contributed by atoms with Crippen molar-refractivity contribution in [2.24, 2.45) is 0 Å². The highest BCUT2D eigenvalue weighted by atomic mass is 35.5. The second-order valence-corrected chi connectivity index (χ2v) is 3.48. The molecule has 3 heteroatoms. The van der Waals surface area contributed by atoms with Crippen molar-refractivity contribution in [2.75, 3.05) is 0 Å². The molecule has 0 amide bonds. The van der Waals surface area contributed by atoms with E-state index in [0.717, 1.165) is 10.4 Å². The van der Waals surface area contributed by atoms with E-state index in [1.165, 1.54) is 0 Å². The van der Waals surface area contributed by atoms with Gasteiger partial charge in [0.1, 0.15) is 0 Å². The average molecular weight is 175 g/mol. The largest absolute Gasteiger partial charge is 0.281 e. The minimum Gasteiger partial charge on any atom is -0.281 e. The molecule has 1 heterocycles. The summed E-state index contributed by atoms with van der Waals surface area (Å²) in [5, 5.41) is 1.68. The predicted octanol–water partition coefficient (Wildman–Crippen LogP) is 2.36. The molecule has 54 valence electrons. The van der Waals surface area contributed by atoms with Crippen molar-refractivity contribution in [1.29, 1.82) is 0 Å². The lowest BCUT2D eigenvalue weighted by Crippen LogP contribution is -1.91. The monoisotopic (exact) mass is 174 g/mol. The third-order valence-corrected chi connectivity index (χ3v) is 2.42. The van der Waals surface area contributed by atoms with Crippen LogP contribution in [0.5, 0.6) is 0 Å². The van der Waals surface area contributed by atoms with Crippen molar-refractivity contribution in [3.63, 3.8) is 0 Å². The molecule has 0 spiro atoms. The maximum atomic E-state index is 10.4. The van der Waals surface area contributed by atoms with E-state index in [9.17, 15) is 4.79 Å². The fraction of sp³-hybridized carbons (Fsp3) is 0.286. The molecule has 0 N–H and O–H groups in total. The second-order valence-electron chi connectivity index (χ2n) is 2.06. The van der Waals surface area contributed by atoms with E-state index in [1.807, 2.05) is 18.4 Å². The average Bonchev–Trinajstić information content (AvgIpc) is 2.15. The summed E-state index contributed by atoms with van der Waals surface area (Å²) in [5.41, 5.74) is 1.15. The minimum atomic E-state index is -0.287. The van der Waals surface area contributed by atoms with E-state index < -0.39 is 0 Å². The molecule has 0 aliphatic rings. The summed E-state index contributed by atoms with van der Waals surface area (Å²) in [4.78, 5) is 11.5. The first-order chi connectivity index (χ1) is 4.70. The van der Waals surface area contributed by atoms with E-state index in [4.69, 9.17) is 11.6 Å². The van der Waals surface area contributed by atoms with Crippen LogP contribution in [-0.2, 0) is 11.2 Å². The Bertz CT molecular complexity index is 242. The highest BCUT2D eigenvalue weighted by Crippen LogP contribution is 2.16. The molecule has 0 unspecified atom stereocenters. The highest BCUT2D eigenvalue weighted by Gasteiger charge is 2.02. The number of rotatable bonds is 2. The zero-order valence-electron chi connectivity index (χ0n) is 5.56. The lowest BCUT2D eigenvalue weighted by molar-refractivity contribution is -0.111. The molecule has 0 aromatic carbocycles. The van der Waals surface area contributed by atoms with Crippen LogP contribution in [0.2, 0.25) is 0 Å². The number of carbonyl (C=O) groups is 1. The fourth-order valence-corrected chi connectivity index (χ4v) is 1.83. The molecular formula is C7H7ClOS. The SMILES string of the molecule is Cc1ccsc1CC(=O)Cl. The third-order valence-electron chi connectivity index (χ3n) is 1.27.